The Hall–Kier alpha value is -2.46. The summed E-state index contributed by atoms with van der Waals surface area (Å²) < 4.78 is 0. The van der Waals surface area contributed by atoms with Gasteiger partial charge in [-0.25, -0.2) is 0 Å². The molecule has 1 saturated heterocycles. The van der Waals surface area contributed by atoms with Crippen LogP contribution in [0, 0.1) is 5.41 Å². The van der Waals surface area contributed by atoms with Crippen LogP contribution in [-0.4, -0.2) is 42.0 Å². The van der Waals surface area contributed by atoms with Gasteiger partial charge in [-0.1, -0.05) is 43.3 Å². The summed E-state index contributed by atoms with van der Waals surface area (Å²) in [6.45, 7) is 7.78. The van der Waals surface area contributed by atoms with Gasteiger partial charge in [0.25, 0.3) is 5.91 Å². The minimum Gasteiger partial charge on any atom is -0.338 e. The number of benzene rings is 1. The molecule has 1 aromatic carbocycles. The molecular formula is C26H35N3O. The fourth-order valence-electron chi connectivity index (χ4n) is 4.98. The molecule has 0 bridgehead atoms. The lowest BCUT2D eigenvalue weighted by Gasteiger charge is -2.36. The highest BCUT2D eigenvalue weighted by atomic mass is 16.2. The van der Waals surface area contributed by atoms with Crippen molar-refractivity contribution >= 4 is 11.5 Å². The lowest BCUT2D eigenvalue weighted by Crippen LogP contribution is -2.32. The number of hydrogen-bond donors (Lipinski definition) is 1. The molecule has 1 aliphatic heterocycles. The van der Waals surface area contributed by atoms with Gasteiger partial charge in [0.1, 0.15) is 5.69 Å². The molecule has 0 radical (unpaired) electrons. The van der Waals surface area contributed by atoms with Gasteiger partial charge >= 0.3 is 0 Å². The Morgan fingerprint density at radius 2 is 2.03 bits per heavy atom. The monoisotopic (exact) mass is 405 g/mol. The van der Waals surface area contributed by atoms with Gasteiger partial charge < -0.3 is 10.2 Å². The van der Waals surface area contributed by atoms with E-state index in [9.17, 15) is 4.79 Å². The maximum atomic E-state index is 12.8. The van der Waals surface area contributed by atoms with Gasteiger partial charge in [0, 0.05) is 26.3 Å². The minimum absolute atomic E-state index is 0. The average molecular weight is 406 g/mol. The van der Waals surface area contributed by atoms with Crippen LogP contribution in [0.25, 0.3) is 5.57 Å². The van der Waals surface area contributed by atoms with Crippen LogP contribution < -0.4 is 5.32 Å². The predicted molar refractivity (Wildman–Crippen MR) is 125 cm³/mol. The molecule has 2 heterocycles. The SMILES string of the molecule is CCCN(CC)C(=O)c1ccc(C2=CC3(CCCNCC3)Cc3ccccc32)cn1.[HH]. The Morgan fingerprint density at radius 3 is 2.80 bits per heavy atom. The summed E-state index contributed by atoms with van der Waals surface area (Å²) in [4.78, 5) is 19.2. The fourth-order valence-corrected chi connectivity index (χ4v) is 4.98. The lowest BCUT2D eigenvalue weighted by molar-refractivity contribution is 0.0758. The molecular weight excluding hydrogens is 370 g/mol. The number of rotatable bonds is 5. The third-order valence-corrected chi connectivity index (χ3v) is 6.58. The molecule has 1 N–H and O–H groups in total. The maximum absolute atomic E-state index is 12.8. The molecule has 4 rings (SSSR count). The highest BCUT2D eigenvalue weighted by molar-refractivity contribution is 5.93. The normalized spacial score (nSPS) is 20.9. The molecule has 1 spiro atoms. The van der Waals surface area contributed by atoms with Crippen LogP contribution in [0.2, 0.25) is 0 Å². The Bertz CT molecular complexity index is 915. The van der Waals surface area contributed by atoms with Crippen molar-refractivity contribution in [2.24, 2.45) is 5.41 Å². The first-order valence-electron chi connectivity index (χ1n) is 11.4. The topological polar surface area (TPSA) is 45.2 Å². The first kappa shape index (κ1) is 20.8. The van der Waals surface area contributed by atoms with Gasteiger partial charge in [0.15, 0.2) is 0 Å². The number of carbonyl (C=O) groups excluding carboxylic acids is 1. The number of nitrogens with zero attached hydrogens (tertiary/aromatic N) is 2. The number of hydrogen-bond acceptors (Lipinski definition) is 3. The van der Waals surface area contributed by atoms with E-state index in [4.69, 9.17) is 0 Å². The summed E-state index contributed by atoms with van der Waals surface area (Å²) in [6.07, 6.45) is 10.1. The quantitative estimate of drug-likeness (QED) is 0.766. The third kappa shape index (κ3) is 4.20. The van der Waals surface area contributed by atoms with E-state index in [1.807, 2.05) is 24.1 Å². The Labute approximate surface area is 181 Å². The highest BCUT2D eigenvalue weighted by Crippen LogP contribution is 2.44. The zero-order valence-electron chi connectivity index (χ0n) is 18.3. The van der Waals surface area contributed by atoms with Crippen LogP contribution in [0.1, 0.15) is 68.1 Å². The van der Waals surface area contributed by atoms with Gasteiger partial charge in [-0.2, -0.15) is 0 Å². The van der Waals surface area contributed by atoms with Crippen molar-refractivity contribution in [2.45, 2.75) is 46.0 Å². The number of pyridine rings is 1. The lowest BCUT2D eigenvalue weighted by atomic mass is 9.68. The first-order valence-corrected chi connectivity index (χ1v) is 11.4. The van der Waals surface area contributed by atoms with Crippen molar-refractivity contribution < 1.29 is 6.22 Å². The third-order valence-electron chi connectivity index (χ3n) is 6.58. The zero-order chi connectivity index (χ0) is 21.0. The molecule has 160 valence electrons. The van der Waals surface area contributed by atoms with Crippen LogP contribution in [0.3, 0.4) is 0 Å². The smallest absolute Gasteiger partial charge is 0.272 e. The van der Waals surface area contributed by atoms with E-state index in [0.29, 0.717) is 12.2 Å². The van der Waals surface area contributed by atoms with Crippen molar-refractivity contribution in [3.63, 3.8) is 0 Å². The second-order valence-corrected chi connectivity index (χ2v) is 8.67. The first-order chi connectivity index (χ1) is 14.7. The van der Waals surface area contributed by atoms with E-state index in [1.165, 1.54) is 29.5 Å². The van der Waals surface area contributed by atoms with Gasteiger partial charge in [0.05, 0.1) is 0 Å². The van der Waals surface area contributed by atoms with Crippen LogP contribution in [0.5, 0.6) is 0 Å². The van der Waals surface area contributed by atoms with E-state index in [-0.39, 0.29) is 12.7 Å². The van der Waals surface area contributed by atoms with Gasteiger partial charge in [-0.15, -0.1) is 0 Å². The van der Waals surface area contributed by atoms with Crippen molar-refractivity contribution in [1.82, 2.24) is 15.2 Å². The molecule has 1 aliphatic carbocycles. The molecule has 2 aromatic rings. The maximum Gasteiger partial charge on any atom is 0.272 e. The standard InChI is InChI=1S/C26H33N3O.H2/c1-3-16-29(4-2)25(30)24-11-10-21(19-28-24)23-18-26(12-7-14-27-15-13-26)17-20-8-5-6-9-22(20)23;/h5-6,8-11,18-19,27H,3-4,7,12-17H2,1-2H3;1H. The Kier molecular flexibility index (Phi) is 6.33. The van der Waals surface area contributed by atoms with E-state index in [2.05, 4.69) is 53.6 Å². The summed E-state index contributed by atoms with van der Waals surface area (Å²) in [5, 5.41) is 3.56. The molecule has 1 fully saturated rings. The summed E-state index contributed by atoms with van der Waals surface area (Å²) in [5.41, 5.74) is 5.86. The summed E-state index contributed by atoms with van der Waals surface area (Å²) in [7, 11) is 0. The van der Waals surface area contributed by atoms with Crippen LogP contribution in [0.4, 0.5) is 0 Å². The second kappa shape index (κ2) is 9.13. The Balaban J connectivity index is 0.00000272. The minimum atomic E-state index is 0. The largest absolute Gasteiger partial charge is 0.338 e. The van der Waals surface area contributed by atoms with E-state index >= 15 is 0 Å². The number of allylic oxidation sites excluding steroid dienone is 1. The van der Waals surface area contributed by atoms with E-state index in [0.717, 1.165) is 44.5 Å². The van der Waals surface area contributed by atoms with Crippen LogP contribution in [-0.2, 0) is 6.42 Å². The number of carbonyl (C=O) groups is 1. The van der Waals surface area contributed by atoms with Crippen molar-refractivity contribution in [3.05, 3.63) is 71.1 Å². The highest BCUT2D eigenvalue weighted by Gasteiger charge is 2.34. The fraction of sp³-hybridized carbons (Fsp3) is 0.462. The molecule has 0 saturated carbocycles. The van der Waals surface area contributed by atoms with Gasteiger partial charge in [-0.05, 0) is 80.3 Å². The molecule has 1 unspecified atom stereocenters. The molecule has 2 aliphatic rings. The molecule has 1 atom stereocenters. The zero-order valence-corrected chi connectivity index (χ0v) is 18.3. The summed E-state index contributed by atoms with van der Waals surface area (Å²) in [5.74, 6) is 0.0234. The van der Waals surface area contributed by atoms with Gasteiger partial charge in [-0.3, -0.25) is 9.78 Å². The molecule has 4 nitrogen and oxygen atoms in total. The van der Waals surface area contributed by atoms with Crippen LogP contribution >= 0.6 is 0 Å². The van der Waals surface area contributed by atoms with E-state index < -0.39 is 0 Å². The number of nitrogens with one attached hydrogen (secondary N) is 1. The molecule has 1 amide bonds. The van der Waals surface area contributed by atoms with Gasteiger partial charge in [0.2, 0.25) is 0 Å². The number of amides is 1. The van der Waals surface area contributed by atoms with Crippen molar-refractivity contribution in [2.75, 3.05) is 26.2 Å². The summed E-state index contributed by atoms with van der Waals surface area (Å²) >= 11 is 0. The molecule has 4 heteroatoms. The van der Waals surface area contributed by atoms with Crippen molar-refractivity contribution in [1.29, 1.82) is 0 Å². The Morgan fingerprint density at radius 1 is 1.17 bits per heavy atom. The van der Waals surface area contributed by atoms with Crippen molar-refractivity contribution in [3.8, 4) is 0 Å². The molecule has 30 heavy (non-hydrogen) atoms. The molecule has 1 aromatic heterocycles. The van der Waals surface area contributed by atoms with E-state index in [1.54, 1.807) is 0 Å². The average Bonchev–Trinajstić information content (AvgIpc) is 3.01. The van der Waals surface area contributed by atoms with Crippen LogP contribution in [0.15, 0.2) is 48.7 Å². The second-order valence-electron chi connectivity index (χ2n) is 8.67. The predicted octanol–water partition coefficient (Wildman–Crippen LogP) is 4.95. The summed E-state index contributed by atoms with van der Waals surface area (Å²) in [6, 6.07) is 12.7. The number of fused-ring (bicyclic) bond motifs is 1. The number of aromatic nitrogens is 1.